The van der Waals surface area contributed by atoms with E-state index in [0.29, 0.717) is 12.8 Å². The van der Waals surface area contributed by atoms with Crippen molar-refractivity contribution in [2.75, 3.05) is 0 Å². The van der Waals surface area contributed by atoms with Crippen molar-refractivity contribution < 1.29 is 26.4 Å². The molecule has 0 radical (unpaired) electrons. The highest BCUT2D eigenvalue weighted by Gasteiger charge is 2.16. The fraction of sp³-hybridized carbons (Fsp3) is 0.364. The summed E-state index contributed by atoms with van der Waals surface area (Å²) in [5.41, 5.74) is 6.26. The number of hydrogen-bond acceptors (Lipinski definition) is 6. The van der Waals surface area contributed by atoms with Crippen LogP contribution in [-0.2, 0) is 42.5 Å². The maximum Gasteiger partial charge on any atom is 0.257 e. The van der Waals surface area contributed by atoms with Gasteiger partial charge < -0.3 is 0 Å². The van der Waals surface area contributed by atoms with Crippen molar-refractivity contribution in [3.8, 4) is 0 Å². The molecule has 4 N–H and O–H groups in total. The first-order valence-electron chi connectivity index (χ1n) is 10.9. The smallest absolute Gasteiger partial charge is 0.257 e. The van der Waals surface area contributed by atoms with E-state index < -0.39 is 31.9 Å². The number of carbonyl (C=O) groups is 2. The van der Waals surface area contributed by atoms with E-state index in [9.17, 15) is 26.4 Å². The summed E-state index contributed by atoms with van der Waals surface area (Å²) in [7, 11) is -7.77. The predicted molar refractivity (Wildman–Crippen MR) is 127 cm³/mol. The zero-order chi connectivity index (χ0) is 25.2. The molecular weight excluding hydrogens is 480 g/mol. The number of unbranched alkanes of at least 4 members (excludes halogenated alkanes) is 1. The normalized spacial score (nSPS) is 11.7. The zero-order valence-corrected chi connectivity index (χ0v) is 20.8. The first-order chi connectivity index (χ1) is 16.1. The molecule has 0 saturated carbocycles. The van der Waals surface area contributed by atoms with Gasteiger partial charge in [0.05, 0.1) is 9.79 Å². The lowest BCUT2D eigenvalue weighted by Crippen LogP contribution is -2.42. The minimum Gasteiger partial charge on any atom is -0.278 e. The van der Waals surface area contributed by atoms with Gasteiger partial charge >= 0.3 is 0 Å². The Morgan fingerprint density at radius 1 is 0.618 bits per heavy atom. The summed E-state index contributed by atoms with van der Waals surface area (Å²) >= 11 is 0. The molecular formula is C22H30N4O6S2. The Morgan fingerprint density at radius 3 is 1.24 bits per heavy atom. The van der Waals surface area contributed by atoms with Gasteiger partial charge in [-0.1, -0.05) is 38.1 Å². The van der Waals surface area contributed by atoms with Crippen LogP contribution in [0, 0.1) is 0 Å². The lowest BCUT2D eigenvalue weighted by molar-refractivity contribution is -0.123. The molecule has 10 nitrogen and oxygen atoms in total. The van der Waals surface area contributed by atoms with Gasteiger partial charge in [0.1, 0.15) is 0 Å². The third kappa shape index (κ3) is 8.52. The largest absolute Gasteiger partial charge is 0.278 e. The number of nitrogens with one attached hydrogen (secondary N) is 4. The van der Waals surface area contributed by atoms with Gasteiger partial charge in [0.15, 0.2) is 0 Å². The average Bonchev–Trinajstić information content (AvgIpc) is 2.84. The van der Waals surface area contributed by atoms with Crippen LogP contribution >= 0.6 is 0 Å². The van der Waals surface area contributed by atoms with E-state index >= 15 is 0 Å². The van der Waals surface area contributed by atoms with Gasteiger partial charge in [-0.2, -0.15) is 0 Å². The second kappa shape index (κ2) is 12.6. The maximum absolute atomic E-state index is 12.2. The molecule has 0 aliphatic rings. The molecule has 0 aliphatic heterocycles. The third-order valence-electron chi connectivity index (χ3n) is 4.99. The third-order valence-corrected chi connectivity index (χ3v) is 7.52. The standard InChI is InChI=1S/C22H30N4O6S2/c1-3-17-9-13-19(14-10-17)33(29,30)25-23-21(27)7-5-6-8-22(28)24-26-34(31,32)20-15-11-18(4-2)12-16-20/h9-16,25-26H,3-8H2,1-2H3,(H,23,27)(H,24,28). The molecule has 0 aromatic heterocycles. The van der Waals surface area contributed by atoms with Crippen LogP contribution in [0.4, 0.5) is 0 Å². The first-order valence-corrected chi connectivity index (χ1v) is 13.8. The molecule has 0 saturated heterocycles. The highest BCUT2D eigenvalue weighted by Crippen LogP contribution is 2.11. The average molecular weight is 511 g/mol. The van der Waals surface area contributed by atoms with Gasteiger partial charge in [0.25, 0.3) is 20.0 Å². The molecule has 0 aliphatic carbocycles. The Bertz CT molecular complexity index is 1080. The first kappa shape index (κ1) is 27.4. The number of benzene rings is 2. The van der Waals surface area contributed by atoms with Crippen LogP contribution in [0.15, 0.2) is 58.3 Å². The fourth-order valence-corrected chi connectivity index (χ4v) is 4.59. The summed E-state index contributed by atoms with van der Waals surface area (Å²) in [5.74, 6) is -1.10. The summed E-state index contributed by atoms with van der Waals surface area (Å²) in [4.78, 5) is 27.9. The number of hydrazine groups is 2. The van der Waals surface area contributed by atoms with E-state index in [0.717, 1.165) is 24.0 Å². The fourth-order valence-electron chi connectivity index (χ4n) is 2.87. The van der Waals surface area contributed by atoms with E-state index in [1.165, 1.54) is 24.3 Å². The molecule has 2 aromatic rings. The molecule has 0 spiro atoms. The molecule has 0 atom stereocenters. The molecule has 0 unspecified atom stereocenters. The van der Waals surface area contributed by atoms with Crippen molar-refractivity contribution in [3.05, 3.63) is 59.7 Å². The monoisotopic (exact) mass is 510 g/mol. The SMILES string of the molecule is CCc1ccc(S(=O)(=O)NNC(=O)CCCCC(=O)NNS(=O)(=O)c2ccc(CC)cc2)cc1. The van der Waals surface area contributed by atoms with Gasteiger partial charge in [-0.05, 0) is 61.1 Å². The van der Waals surface area contributed by atoms with E-state index in [1.807, 2.05) is 23.5 Å². The summed E-state index contributed by atoms with van der Waals surface area (Å²) in [6.45, 7) is 3.91. The summed E-state index contributed by atoms with van der Waals surface area (Å²) in [5, 5.41) is 0. The van der Waals surface area contributed by atoms with Crippen molar-refractivity contribution in [2.24, 2.45) is 0 Å². The van der Waals surface area contributed by atoms with Crippen molar-refractivity contribution in [3.63, 3.8) is 0 Å². The van der Waals surface area contributed by atoms with Crippen LogP contribution in [0.2, 0.25) is 0 Å². The topological polar surface area (TPSA) is 151 Å². The number of sulfonamides is 2. The lowest BCUT2D eigenvalue weighted by Gasteiger charge is -2.10. The van der Waals surface area contributed by atoms with E-state index in [-0.39, 0.29) is 22.6 Å². The van der Waals surface area contributed by atoms with E-state index in [2.05, 4.69) is 10.9 Å². The van der Waals surface area contributed by atoms with Crippen molar-refractivity contribution >= 4 is 31.9 Å². The highest BCUT2D eigenvalue weighted by atomic mass is 32.2. The molecule has 0 heterocycles. The number of carbonyl (C=O) groups excluding carboxylic acids is 2. The lowest BCUT2D eigenvalue weighted by atomic mass is 10.2. The van der Waals surface area contributed by atoms with Crippen LogP contribution in [0.1, 0.15) is 50.7 Å². The van der Waals surface area contributed by atoms with Crippen molar-refractivity contribution in [1.29, 1.82) is 0 Å². The van der Waals surface area contributed by atoms with Crippen LogP contribution in [0.5, 0.6) is 0 Å². The van der Waals surface area contributed by atoms with Gasteiger partial charge in [-0.15, -0.1) is 9.66 Å². The Kier molecular flexibility index (Phi) is 10.2. The minimum atomic E-state index is -3.88. The van der Waals surface area contributed by atoms with Crippen molar-refractivity contribution in [1.82, 2.24) is 20.5 Å². The summed E-state index contributed by atoms with van der Waals surface area (Å²) < 4.78 is 48.8. The maximum atomic E-state index is 12.2. The zero-order valence-electron chi connectivity index (χ0n) is 19.1. The van der Waals surface area contributed by atoms with Crippen LogP contribution in [0.3, 0.4) is 0 Å². The molecule has 2 aromatic carbocycles. The molecule has 186 valence electrons. The van der Waals surface area contributed by atoms with Gasteiger partial charge in [0, 0.05) is 12.8 Å². The quantitative estimate of drug-likeness (QED) is 0.238. The number of rotatable bonds is 13. The molecule has 0 bridgehead atoms. The van der Waals surface area contributed by atoms with E-state index in [1.54, 1.807) is 24.3 Å². The molecule has 34 heavy (non-hydrogen) atoms. The van der Waals surface area contributed by atoms with Gasteiger partial charge in [-0.3, -0.25) is 20.4 Å². The Morgan fingerprint density at radius 2 is 0.941 bits per heavy atom. The molecule has 2 amide bonds. The Hall–Kier alpha value is -2.80. The Balaban J connectivity index is 1.68. The number of aryl methyl sites for hydroxylation is 2. The van der Waals surface area contributed by atoms with Crippen LogP contribution < -0.4 is 20.5 Å². The number of amides is 2. The highest BCUT2D eigenvalue weighted by molar-refractivity contribution is 7.89. The van der Waals surface area contributed by atoms with Crippen molar-refractivity contribution in [2.45, 2.75) is 62.2 Å². The summed E-state index contributed by atoms with van der Waals surface area (Å²) in [6, 6.07) is 12.6. The number of hydrogen-bond donors (Lipinski definition) is 4. The molecule has 12 heteroatoms. The van der Waals surface area contributed by atoms with Crippen LogP contribution in [0.25, 0.3) is 0 Å². The second-order valence-electron chi connectivity index (χ2n) is 7.51. The van der Waals surface area contributed by atoms with Gasteiger partial charge in [-0.25, -0.2) is 16.8 Å². The second-order valence-corrected chi connectivity index (χ2v) is 10.9. The van der Waals surface area contributed by atoms with E-state index in [4.69, 9.17) is 0 Å². The Labute approximate surface area is 200 Å². The summed E-state index contributed by atoms with van der Waals surface area (Å²) in [6.07, 6.45) is 2.14. The van der Waals surface area contributed by atoms with Crippen LogP contribution in [-0.4, -0.2) is 28.6 Å². The van der Waals surface area contributed by atoms with Gasteiger partial charge in [0.2, 0.25) is 11.8 Å². The predicted octanol–water partition coefficient (Wildman–Crippen LogP) is 1.69. The molecule has 0 fully saturated rings. The minimum absolute atomic E-state index is 0.0138. The molecule has 2 rings (SSSR count).